The number of hydrogen-bond acceptors (Lipinski definition) is 2. The number of nitrogens with two attached hydrogens (primary N) is 1. The molecule has 1 aliphatic carbocycles. The molecule has 1 aliphatic rings. The standard InChI is InChI=1S/C18H28N2O/c1-4-12-20(16-10-8-15(19)9-11-16)18(21)17-7-5-6-13(2)14(17)3/h5-7,15-16H,4,8-12,19H2,1-3H3. The van der Waals surface area contributed by atoms with Crippen LogP contribution in [0, 0.1) is 13.8 Å². The largest absolute Gasteiger partial charge is 0.336 e. The van der Waals surface area contributed by atoms with Crippen LogP contribution in [-0.2, 0) is 0 Å². The molecule has 1 amide bonds. The zero-order valence-corrected chi connectivity index (χ0v) is 13.6. The van der Waals surface area contributed by atoms with Crippen molar-refractivity contribution in [1.82, 2.24) is 4.90 Å². The number of nitrogens with zero attached hydrogens (tertiary/aromatic N) is 1. The molecule has 0 atom stereocenters. The Hall–Kier alpha value is -1.35. The van der Waals surface area contributed by atoms with Crippen molar-refractivity contribution in [2.45, 2.75) is 65.0 Å². The van der Waals surface area contributed by atoms with Gasteiger partial charge in [-0.25, -0.2) is 0 Å². The summed E-state index contributed by atoms with van der Waals surface area (Å²) in [5, 5.41) is 0. The second-order valence-electron chi connectivity index (χ2n) is 6.31. The fourth-order valence-corrected chi connectivity index (χ4v) is 3.24. The fourth-order valence-electron chi connectivity index (χ4n) is 3.24. The zero-order chi connectivity index (χ0) is 15.4. The van der Waals surface area contributed by atoms with Crippen molar-refractivity contribution in [1.29, 1.82) is 0 Å². The minimum atomic E-state index is 0.193. The van der Waals surface area contributed by atoms with Crippen LogP contribution in [0.15, 0.2) is 18.2 Å². The summed E-state index contributed by atoms with van der Waals surface area (Å²) in [6.07, 6.45) is 5.14. The second-order valence-corrected chi connectivity index (χ2v) is 6.31. The molecular formula is C18H28N2O. The third kappa shape index (κ3) is 3.65. The molecule has 0 aliphatic heterocycles. The highest BCUT2D eigenvalue weighted by atomic mass is 16.2. The van der Waals surface area contributed by atoms with Crippen LogP contribution < -0.4 is 5.73 Å². The molecule has 3 heteroatoms. The van der Waals surface area contributed by atoms with E-state index in [4.69, 9.17) is 5.73 Å². The molecule has 0 spiro atoms. The van der Waals surface area contributed by atoms with Crippen LogP contribution in [0.4, 0.5) is 0 Å². The van der Waals surface area contributed by atoms with Crippen molar-refractivity contribution in [2.24, 2.45) is 5.73 Å². The Balaban J connectivity index is 2.21. The van der Waals surface area contributed by atoms with Crippen LogP contribution in [0.5, 0.6) is 0 Å². The topological polar surface area (TPSA) is 46.3 Å². The summed E-state index contributed by atoms with van der Waals surface area (Å²) in [5.74, 6) is 0.193. The van der Waals surface area contributed by atoms with Gasteiger partial charge in [0.25, 0.3) is 5.91 Å². The SMILES string of the molecule is CCCN(C(=O)c1cccc(C)c1C)C1CCC(N)CC1. The van der Waals surface area contributed by atoms with E-state index in [1.807, 2.05) is 19.1 Å². The highest BCUT2D eigenvalue weighted by Crippen LogP contribution is 2.25. The number of rotatable bonds is 4. The molecule has 0 heterocycles. The Labute approximate surface area is 128 Å². The van der Waals surface area contributed by atoms with E-state index in [1.54, 1.807) is 0 Å². The van der Waals surface area contributed by atoms with E-state index in [1.165, 1.54) is 5.56 Å². The summed E-state index contributed by atoms with van der Waals surface area (Å²) in [4.78, 5) is 15.1. The fraction of sp³-hybridized carbons (Fsp3) is 0.611. The van der Waals surface area contributed by atoms with Crippen molar-refractivity contribution in [3.05, 3.63) is 34.9 Å². The number of benzene rings is 1. The lowest BCUT2D eigenvalue weighted by molar-refractivity contribution is 0.0626. The molecule has 1 aromatic carbocycles. The monoisotopic (exact) mass is 288 g/mol. The molecule has 2 N–H and O–H groups in total. The molecular weight excluding hydrogens is 260 g/mol. The zero-order valence-electron chi connectivity index (χ0n) is 13.6. The van der Waals surface area contributed by atoms with Gasteiger partial charge in [0.1, 0.15) is 0 Å². The molecule has 0 unspecified atom stereocenters. The van der Waals surface area contributed by atoms with Gasteiger partial charge in [-0.05, 0) is 63.1 Å². The van der Waals surface area contributed by atoms with E-state index < -0.39 is 0 Å². The maximum Gasteiger partial charge on any atom is 0.254 e. The van der Waals surface area contributed by atoms with Gasteiger partial charge >= 0.3 is 0 Å². The van der Waals surface area contributed by atoms with Crippen molar-refractivity contribution in [3.8, 4) is 0 Å². The summed E-state index contributed by atoms with van der Waals surface area (Å²) >= 11 is 0. The molecule has 1 aromatic rings. The van der Waals surface area contributed by atoms with Crippen LogP contribution in [0.2, 0.25) is 0 Å². The van der Waals surface area contributed by atoms with E-state index in [9.17, 15) is 4.79 Å². The van der Waals surface area contributed by atoms with Crippen LogP contribution in [0.25, 0.3) is 0 Å². The Morgan fingerprint density at radius 1 is 1.24 bits per heavy atom. The third-order valence-corrected chi connectivity index (χ3v) is 4.74. The Bertz CT molecular complexity index is 490. The molecule has 0 saturated heterocycles. The van der Waals surface area contributed by atoms with Gasteiger partial charge in [-0.1, -0.05) is 19.1 Å². The molecule has 21 heavy (non-hydrogen) atoms. The highest BCUT2D eigenvalue weighted by Gasteiger charge is 2.28. The molecule has 1 saturated carbocycles. The first-order valence-corrected chi connectivity index (χ1v) is 8.17. The van der Waals surface area contributed by atoms with E-state index >= 15 is 0 Å². The van der Waals surface area contributed by atoms with Crippen molar-refractivity contribution >= 4 is 5.91 Å². The summed E-state index contributed by atoms with van der Waals surface area (Å²) in [7, 11) is 0. The number of carbonyl (C=O) groups excluding carboxylic acids is 1. The van der Waals surface area contributed by atoms with Crippen LogP contribution in [0.1, 0.15) is 60.5 Å². The Morgan fingerprint density at radius 2 is 1.90 bits per heavy atom. The van der Waals surface area contributed by atoms with E-state index in [2.05, 4.69) is 24.8 Å². The maximum absolute atomic E-state index is 13.0. The lowest BCUT2D eigenvalue weighted by Gasteiger charge is -2.36. The predicted molar refractivity (Wildman–Crippen MR) is 87.5 cm³/mol. The second kappa shape index (κ2) is 7.08. The van der Waals surface area contributed by atoms with E-state index in [0.29, 0.717) is 12.1 Å². The van der Waals surface area contributed by atoms with Crippen LogP contribution >= 0.6 is 0 Å². The maximum atomic E-state index is 13.0. The number of carbonyl (C=O) groups is 1. The van der Waals surface area contributed by atoms with Gasteiger partial charge in [-0.15, -0.1) is 0 Å². The lowest BCUT2D eigenvalue weighted by Crippen LogP contribution is -2.44. The number of aryl methyl sites for hydroxylation is 1. The minimum Gasteiger partial charge on any atom is -0.336 e. The quantitative estimate of drug-likeness (QED) is 0.922. The van der Waals surface area contributed by atoms with Crippen LogP contribution in [-0.4, -0.2) is 29.4 Å². The summed E-state index contributed by atoms with van der Waals surface area (Å²) in [6, 6.07) is 6.69. The molecule has 116 valence electrons. The van der Waals surface area contributed by atoms with Crippen molar-refractivity contribution in [3.63, 3.8) is 0 Å². The first-order valence-electron chi connectivity index (χ1n) is 8.17. The van der Waals surface area contributed by atoms with Crippen LogP contribution in [0.3, 0.4) is 0 Å². The average molecular weight is 288 g/mol. The van der Waals surface area contributed by atoms with Gasteiger partial charge in [0.05, 0.1) is 0 Å². The smallest absolute Gasteiger partial charge is 0.254 e. The Kier molecular flexibility index (Phi) is 5.40. The molecule has 0 bridgehead atoms. The number of amides is 1. The summed E-state index contributed by atoms with van der Waals surface area (Å²) in [5.41, 5.74) is 9.15. The van der Waals surface area contributed by atoms with Gasteiger partial charge in [0.15, 0.2) is 0 Å². The van der Waals surface area contributed by atoms with Gasteiger partial charge in [-0.3, -0.25) is 4.79 Å². The van der Waals surface area contributed by atoms with Gasteiger partial charge in [0, 0.05) is 24.2 Å². The van der Waals surface area contributed by atoms with Gasteiger partial charge < -0.3 is 10.6 Å². The van der Waals surface area contributed by atoms with E-state index in [-0.39, 0.29) is 5.91 Å². The number of hydrogen-bond donors (Lipinski definition) is 1. The predicted octanol–water partition coefficient (Wildman–Crippen LogP) is 3.43. The van der Waals surface area contributed by atoms with E-state index in [0.717, 1.165) is 49.8 Å². The molecule has 3 nitrogen and oxygen atoms in total. The molecule has 0 aromatic heterocycles. The first kappa shape index (κ1) is 16.0. The lowest BCUT2D eigenvalue weighted by atomic mass is 9.90. The average Bonchev–Trinajstić information content (AvgIpc) is 2.48. The third-order valence-electron chi connectivity index (χ3n) is 4.74. The highest BCUT2D eigenvalue weighted by molar-refractivity contribution is 5.96. The van der Waals surface area contributed by atoms with Crippen molar-refractivity contribution in [2.75, 3.05) is 6.54 Å². The van der Waals surface area contributed by atoms with Gasteiger partial charge in [0.2, 0.25) is 0 Å². The van der Waals surface area contributed by atoms with Crippen molar-refractivity contribution < 1.29 is 4.79 Å². The molecule has 2 rings (SSSR count). The normalized spacial score (nSPS) is 22.1. The molecule has 1 fully saturated rings. The van der Waals surface area contributed by atoms with Gasteiger partial charge in [-0.2, -0.15) is 0 Å². The molecule has 0 radical (unpaired) electrons. The first-order chi connectivity index (χ1) is 10.0. The Morgan fingerprint density at radius 3 is 2.52 bits per heavy atom. The minimum absolute atomic E-state index is 0.193. The summed E-state index contributed by atoms with van der Waals surface area (Å²) in [6.45, 7) is 7.09. The summed E-state index contributed by atoms with van der Waals surface area (Å²) < 4.78 is 0.